The van der Waals surface area contributed by atoms with Crippen molar-refractivity contribution in [1.82, 2.24) is 10.2 Å². The number of carbonyl (C=O) groups excluding carboxylic acids is 1. The molecule has 2 atom stereocenters. The minimum Gasteiger partial charge on any atom is -0.300 e. The first kappa shape index (κ1) is 10.2. The van der Waals surface area contributed by atoms with Crippen molar-refractivity contribution in [2.75, 3.05) is 5.32 Å². The minimum atomic E-state index is 0.144. The molecule has 2 aliphatic rings. The van der Waals surface area contributed by atoms with E-state index in [9.17, 15) is 4.79 Å². The van der Waals surface area contributed by atoms with Gasteiger partial charge in [0.15, 0.2) is 0 Å². The van der Waals surface area contributed by atoms with Gasteiger partial charge in [0, 0.05) is 5.92 Å². The SMILES string of the molecule is CCc1nnc(NC(=O)C2CC3CC3C2)s1. The van der Waals surface area contributed by atoms with Crippen molar-refractivity contribution in [1.29, 1.82) is 0 Å². The number of rotatable bonds is 3. The first-order valence-corrected chi connectivity index (χ1v) is 6.71. The molecule has 0 aromatic carbocycles. The van der Waals surface area contributed by atoms with Gasteiger partial charge in [-0.25, -0.2) is 0 Å². The maximum atomic E-state index is 11.9. The lowest BCUT2D eigenvalue weighted by Crippen LogP contribution is -2.21. The summed E-state index contributed by atoms with van der Waals surface area (Å²) in [5.74, 6) is 2.05. The summed E-state index contributed by atoms with van der Waals surface area (Å²) in [5.41, 5.74) is 0. The van der Waals surface area contributed by atoms with Crippen molar-refractivity contribution in [3.05, 3.63) is 5.01 Å². The molecule has 4 nitrogen and oxygen atoms in total. The van der Waals surface area contributed by atoms with E-state index in [1.54, 1.807) is 0 Å². The number of hydrogen-bond acceptors (Lipinski definition) is 4. The van der Waals surface area contributed by atoms with E-state index in [4.69, 9.17) is 0 Å². The quantitative estimate of drug-likeness (QED) is 0.875. The Morgan fingerprint density at radius 1 is 1.38 bits per heavy atom. The fraction of sp³-hybridized carbons (Fsp3) is 0.727. The van der Waals surface area contributed by atoms with Crippen molar-refractivity contribution >= 4 is 22.4 Å². The zero-order valence-electron chi connectivity index (χ0n) is 9.27. The number of fused-ring (bicyclic) bond motifs is 1. The van der Waals surface area contributed by atoms with Crippen LogP contribution < -0.4 is 5.32 Å². The van der Waals surface area contributed by atoms with Gasteiger partial charge < -0.3 is 5.32 Å². The van der Waals surface area contributed by atoms with Crippen molar-refractivity contribution in [2.45, 2.75) is 32.6 Å². The van der Waals surface area contributed by atoms with Gasteiger partial charge in [-0.1, -0.05) is 18.3 Å². The molecule has 2 unspecified atom stereocenters. The van der Waals surface area contributed by atoms with E-state index in [1.165, 1.54) is 17.8 Å². The molecule has 1 aromatic rings. The Morgan fingerprint density at radius 2 is 2.12 bits per heavy atom. The molecule has 0 saturated heterocycles. The third-order valence-electron chi connectivity index (χ3n) is 3.61. The molecule has 2 aliphatic carbocycles. The van der Waals surface area contributed by atoms with E-state index < -0.39 is 0 Å². The molecule has 3 rings (SSSR count). The van der Waals surface area contributed by atoms with E-state index in [-0.39, 0.29) is 11.8 Å². The first-order valence-electron chi connectivity index (χ1n) is 5.89. The molecule has 1 N–H and O–H groups in total. The molecule has 0 bridgehead atoms. The van der Waals surface area contributed by atoms with Gasteiger partial charge in [-0.2, -0.15) is 0 Å². The number of aromatic nitrogens is 2. The summed E-state index contributed by atoms with van der Waals surface area (Å²) in [6, 6.07) is 0. The van der Waals surface area contributed by atoms with Crippen LogP contribution in [0, 0.1) is 17.8 Å². The highest BCUT2D eigenvalue weighted by molar-refractivity contribution is 7.15. The first-order chi connectivity index (χ1) is 7.76. The zero-order valence-corrected chi connectivity index (χ0v) is 10.1. The van der Waals surface area contributed by atoms with Crippen LogP contribution in [0.25, 0.3) is 0 Å². The predicted octanol–water partition coefficient (Wildman–Crippen LogP) is 2.09. The fourth-order valence-corrected chi connectivity index (χ4v) is 3.27. The molecule has 1 aromatic heterocycles. The Morgan fingerprint density at radius 3 is 2.75 bits per heavy atom. The number of carbonyl (C=O) groups is 1. The van der Waals surface area contributed by atoms with Gasteiger partial charge in [0.2, 0.25) is 11.0 Å². The maximum absolute atomic E-state index is 11.9. The van der Waals surface area contributed by atoms with Crippen molar-refractivity contribution < 1.29 is 4.79 Å². The van der Waals surface area contributed by atoms with Gasteiger partial charge in [0.05, 0.1) is 0 Å². The van der Waals surface area contributed by atoms with E-state index in [2.05, 4.69) is 15.5 Å². The number of anilines is 1. The minimum absolute atomic E-state index is 0.144. The summed E-state index contributed by atoms with van der Waals surface area (Å²) in [6.07, 6.45) is 4.38. The lowest BCUT2D eigenvalue weighted by molar-refractivity contribution is -0.120. The number of amides is 1. The molecule has 2 fully saturated rings. The predicted molar refractivity (Wildman–Crippen MR) is 62.2 cm³/mol. The van der Waals surface area contributed by atoms with Crippen LogP contribution in [0.4, 0.5) is 5.13 Å². The second kappa shape index (κ2) is 3.80. The highest BCUT2D eigenvalue weighted by Crippen LogP contribution is 2.54. The largest absolute Gasteiger partial charge is 0.300 e. The Labute approximate surface area is 98.5 Å². The maximum Gasteiger partial charge on any atom is 0.229 e. The summed E-state index contributed by atoms with van der Waals surface area (Å²) in [6.45, 7) is 2.04. The summed E-state index contributed by atoms with van der Waals surface area (Å²) in [4.78, 5) is 11.9. The number of hydrogen-bond donors (Lipinski definition) is 1. The third-order valence-corrected chi connectivity index (χ3v) is 4.60. The highest BCUT2D eigenvalue weighted by Gasteiger charge is 2.48. The summed E-state index contributed by atoms with van der Waals surface area (Å²) in [5, 5.41) is 12.5. The highest BCUT2D eigenvalue weighted by atomic mass is 32.1. The standard InChI is InChI=1S/C11H15N3OS/c1-2-9-13-14-11(16-9)12-10(15)8-4-6-3-7(6)5-8/h6-8H,2-5H2,1H3,(H,12,14,15). The molecule has 16 heavy (non-hydrogen) atoms. The lowest BCUT2D eigenvalue weighted by atomic mass is 10.0. The van der Waals surface area contributed by atoms with Gasteiger partial charge in [0.25, 0.3) is 0 Å². The Kier molecular flexibility index (Phi) is 2.42. The number of nitrogens with zero attached hydrogens (tertiary/aromatic N) is 2. The van der Waals surface area contributed by atoms with Gasteiger partial charge in [-0.15, -0.1) is 10.2 Å². The normalized spacial score (nSPS) is 31.2. The van der Waals surface area contributed by atoms with Gasteiger partial charge in [-0.05, 0) is 37.5 Å². The van der Waals surface area contributed by atoms with E-state index in [1.807, 2.05) is 6.92 Å². The second-order valence-electron chi connectivity index (χ2n) is 4.77. The van der Waals surface area contributed by atoms with Crippen LogP contribution in [0.2, 0.25) is 0 Å². The van der Waals surface area contributed by atoms with Crippen LogP contribution in [-0.2, 0) is 11.2 Å². The third kappa shape index (κ3) is 1.84. The fourth-order valence-electron chi connectivity index (χ4n) is 2.58. The van der Waals surface area contributed by atoms with E-state index >= 15 is 0 Å². The van der Waals surface area contributed by atoms with Crippen LogP contribution in [0.3, 0.4) is 0 Å². The van der Waals surface area contributed by atoms with Crippen molar-refractivity contribution in [3.8, 4) is 0 Å². The monoisotopic (exact) mass is 237 g/mol. The number of nitrogens with one attached hydrogen (secondary N) is 1. The molecule has 1 amide bonds. The van der Waals surface area contributed by atoms with Gasteiger partial charge in [-0.3, -0.25) is 4.79 Å². The number of aryl methyl sites for hydroxylation is 1. The van der Waals surface area contributed by atoms with Gasteiger partial charge in [0.1, 0.15) is 5.01 Å². The molecule has 1 heterocycles. The molecular formula is C11H15N3OS. The van der Waals surface area contributed by atoms with Crippen molar-refractivity contribution in [2.24, 2.45) is 17.8 Å². The lowest BCUT2D eigenvalue weighted by Gasteiger charge is -2.09. The summed E-state index contributed by atoms with van der Waals surface area (Å²) in [7, 11) is 0. The molecule has 86 valence electrons. The second-order valence-corrected chi connectivity index (χ2v) is 5.83. The van der Waals surface area contributed by atoms with E-state index in [0.717, 1.165) is 36.1 Å². The molecule has 0 aliphatic heterocycles. The van der Waals surface area contributed by atoms with Crippen LogP contribution in [0.1, 0.15) is 31.2 Å². The smallest absolute Gasteiger partial charge is 0.229 e. The average Bonchev–Trinajstić information content (AvgIpc) is 2.74. The van der Waals surface area contributed by atoms with Crippen molar-refractivity contribution in [3.63, 3.8) is 0 Å². The van der Waals surface area contributed by atoms with Crippen LogP contribution in [-0.4, -0.2) is 16.1 Å². The van der Waals surface area contributed by atoms with E-state index in [0.29, 0.717) is 5.13 Å². The Bertz CT molecular complexity index is 407. The summed E-state index contributed by atoms with van der Waals surface area (Å²) >= 11 is 1.48. The van der Waals surface area contributed by atoms with Gasteiger partial charge >= 0.3 is 0 Å². The molecule has 5 heteroatoms. The molecule has 2 saturated carbocycles. The summed E-state index contributed by atoms with van der Waals surface area (Å²) < 4.78 is 0. The van der Waals surface area contributed by atoms with Crippen LogP contribution >= 0.6 is 11.3 Å². The molecular weight excluding hydrogens is 222 g/mol. The Balaban J connectivity index is 1.59. The molecule has 0 spiro atoms. The zero-order chi connectivity index (χ0) is 11.1. The molecule has 0 radical (unpaired) electrons. The van der Waals surface area contributed by atoms with Crippen LogP contribution in [0.5, 0.6) is 0 Å². The topological polar surface area (TPSA) is 54.9 Å². The van der Waals surface area contributed by atoms with Crippen LogP contribution in [0.15, 0.2) is 0 Å². The Hall–Kier alpha value is -0.970. The average molecular weight is 237 g/mol.